The summed E-state index contributed by atoms with van der Waals surface area (Å²) in [6.45, 7) is 4.16. The number of aromatic hydroxyl groups is 1. The first-order chi connectivity index (χ1) is 16.1. The van der Waals surface area contributed by atoms with Gasteiger partial charge in [0.2, 0.25) is 0 Å². The molecule has 1 aliphatic heterocycles. The summed E-state index contributed by atoms with van der Waals surface area (Å²) < 4.78 is 0. The van der Waals surface area contributed by atoms with E-state index in [9.17, 15) is 19.8 Å². The van der Waals surface area contributed by atoms with Crippen LogP contribution in [0, 0.1) is 5.92 Å². The van der Waals surface area contributed by atoms with E-state index in [1.165, 1.54) is 18.4 Å². The van der Waals surface area contributed by atoms with Gasteiger partial charge in [-0.1, -0.05) is 42.5 Å². The van der Waals surface area contributed by atoms with Gasteiger partial charge in [0.15, 0.2) is 12.2 Å². The Kier molecular flexibility index (Phi) is 12.3. The van der Waals surface area contributed by atoms with Crippen molar-refractivity contribution in [2.75, 3.05) is 13.1 Å². The van der Waals surface area contributed by atoms with Gasteiger partial charge in [0.05, 0.1) is 6.10 Å². The van der Waals surface area contributed by atoms with Crippen molar-refractivity contribution >= 4 is 11.9 Å². The van der Waals surface area contributed by atoms with Crippen molar-refractivity contribution in [1.29, 1.82) is 0 Å². The summed E-state index contributed by atoms with van der Waals surface area (Å²) in [4.78, 5) is 21.9. The third-order valence-electron chi connectivity index (χ3n) is 6.09. The number of piperidine rings is 1. The van der Waals surface area contributed by atoms with Crippen molar-refractivity contribution in [1.82, 2.24) is 4.90 Å². The molecule has 1 saturated heterocycles. The summed E-state index contributed by atoms with van der Waals surface area (Å²) in [5, 5.41) is 52.5. The molecular weight excluding hydrogens is 458 g/mol. The predicted molar refractivity (Wildman–Crippen MR) is 128 cm³/mol. The predicted octanol–water partition coefficient (Wildman–Crippen LogP) is 0.821. The molecule has 10 nitrogen and oxygen atoms in total. The van der Waals surface area contributed by atoms with Crippen molar-refractivity contribution in [3.63, 3.8) is 0 Å². The largest absolute Gasteiger partial charge is 0.508 e. The molecule has 1 aliphatic rings. The summed E-state index contributed by atoms with van der Waals surface area (Å²) in [7, 11) is 0. The van der Waals surface area contributed by atoms with Crippen molar-refractivity contribution in [2.45, 2.75) is 50.5 Å². The molecule has 0 amide bonds. The van der Waals surface area contributed by atoms with Crippen molar-refractivity contribution < 1.29 is 45.7 Å². The number of hydrogen-bond donors (Lipinski definition) is 6. The number of hydrogen-bond acceptors (Lipinski definition) is 7. The number of phenols is 1. The van der Waals surface area contributed by atoms with E-state index in [0.717, 1.165) is 31.0 Å². The fourth-order valence-electron chi connectivity index (χ4n) is 3.93. The van der Waals surface area contributed by atoms with E-state index < -0.39 is 30.3 Å². The minimum atomic E-state index is -2.27. The van der Waals surface area contributed by atoms with Crippen molar-refractivity contribution in [3.05, 3.63) is 65.7 Å². The molecule has 4 atom stereocenters. The molecule has 0 aliphatic carbocycles. The van der Waals surface area contributed by atoms with E-state index in [1.807, 2.05) is 0 Å². The smallest absolute Gasteiger partial charge is 0.335 e. The minimum absolute atomic E-state index is 0. The minimum Gasteiger partial charge on any atom is -0.508 e. The average Bonchev–Trinajstić information content (AvgIpc) is 2.84. The first-order valence-electron chi connectivity index (χ1n) is 11.2. The van der Waals surface area contributed by atoms with Gasteiger partial charge in [-0.2, -0.15) is 0 Å². The van der Waals surface area contributed by atoms with Crippen LogP contribution in [0.4, 0.5) is 0 Å². The highest BCUT2D eigenvalue weighted by atomic mass is 16.4. The Bertz CT molecular complexity index is 881. The van der Waals surface area contributed by atoms with Gasteiger partial charge in [0.25, 0.3) is 0 Å². The second-order valence-corrected chi connectivity index (χ2v) is 8.51. The Morgan fingerprint density at radius 2 is 1.37 bits per heavy atom. The lowest BCUT2D eigenvalue weighted by atomic mass is 9.89. The summed E-state index contributed by atoms with van der Waals surface area (Å²) in [6, 6.07) is 17.7. The van der Waals surface area contributed by atoms with Crippen molar-refractivity contribution in [3.8, 4) is 5.75 Å². The fourth-order valence-corrected chi connectivity index (χ4v) is 3.93. The maximum atomic E-state index is 10.6. The molecule has 0 aromatic heterocycles. The number of aliphatic hydroxyl groups is 3. The normalized spacial score (nSPS) is 17.6. The highest BCUT2D eigenvalue weighted by Gasteiger charge is 2.29. The number of aliphatic hydroxyl groups excluding tert-OH is 3. The summed E-state index contributed by atoms with van der Waals surface area (Å²) in [6.07, 6.45) is -1.53. The molecule has 0 saturated carbocycles. The molecule has 0 spiro atoms. The topological polar surface area (TPSA) is 190 Å². The Labute approximate surface area is 204 Å². The summed E-state index contributed by atoms with van der Waals surface area (Å²) >= 11 is 0. The molecule has 194 valence electrons. The lowest BCUT2D eigenvalue weighted by Crippen LogP contribution is -2.43. The maximum absolute atomic E-state index is 10.6. The third-order valence-corrected chi connectivity index (χ3v) is 6.09. The van der Waals surface area contributed by atoms with Crippen LogP contribution in [-0.4, -0.2) is 84.3 Å². The van der Waals surface area contributed by atoms with Gasteiger partial charge in [0, 0.05) is 6.04 Å². The molecule has 2 aromatic rings. The van der Waals surface area contributed by atoms with Crippen LogP contribution in [0.2, 0.25) is 0 Å². The highest BCUT2D eigenvalue weighted by molar-refractivity contribution is 5.83. The zero-order valence-electron chi connectivity index (χ0n) is 19.6. The lowest BCUT2D eigenvalue weighted by Gasteiger charge is -2.38. The molecule has 4 unspecified atom stereocenters. The number of carboxylic acid groups (broad SMARTS) is 2. The second-order valence-electron chi connectivity index (χ2n) is 8.51. The van der Waals surface area contributed by atoms with Crippen LogP contribution in [0.25, 0.3) is 0 Å². The summed E-state index contributed by atoms with van der Waals surface area (Å²) in [5.74, 6) is -2.56. The third kappa shape index (κ3) is 9.27. The molecule has 1 heterocycles. The number of aliphatic carboxylic acids is 2. The molecule has 3 rings (SSSR count). The van der Waals surface area contributed by atoms with Gasteiger partial charge >= 0.3 is 11.9 Å². The summed E-state index contributed by atoms with van der Waals surface area (Å²) in [5.41, 5.74) is 2.29. The van der Waals surface area contributed by atoms with E-state index in [-0.39, 0.29) is 17.3 Å². The monoisotopic (exact) mass is 493 g/mol. The number of benzene rings is 2. The van der Waals surface area contributed by atoms with Crippen LogP contribution < -0.4 is 0 Å². The second kappa shape index (κ2) is 14.4. The van der Waals surface area contributed by atoms with Gasteiger partial charge < -0.3 is 36.1 Å². The number of rotatable bonds is 8. The van der Waals surface area contributed by atoms with Gasteiger partial charge in [0.1, 0.15) is 5.75 Å². The molecular formula is C25H35NO9. The molecule has 0 radical (unpaired) electrons. The Hall–Kier alpha value is -3.02. The highest BCUT2D eigenvalue weighted by Crippen LogP contribution is 2.28. The van der Waals surface area contributed by atoms with E-state index in [2.05, 4.69) is 42.2 Å². The Morgan fingerprint density at radius 1 is 0.886 bits per heavy atom. The number of phenolic OH excluding ortho intramolecular Hbond substituents is 1. The molecule has 35 heavy (non-hydrogen) atoms. The van der Waals surface area contributed by atoms with E-state index >= 15 is 0 Å². The first kappa shape index (κ1) is 30.0. The van der Waals surface area contributed by atoms with Crippen LogP contribution in [0.3, 0.4) is 0 Å². The fraction of sp³-hybridized carbons (Fsp3) is 0.440. The average molecular weight is 494 g/mol. The van der Waals surface area contributed by atoms with Crippen LogP contribution in [-0.2, 0) is 16.0 Å². The van der Waals surface area contributed by atoms with Gasteiger partial charge in [-0.25, -0.2) is 9.59 Å². The zero-order chi connectivity index (χ0) is 25.3. The SMILES string of the molecule is CC(C(O)c1ccc(O)cc1)N1CCC(Cc2ccccc2)CC1.O.O=C(O)C(O)C(O)C(=O)O. The number of carboxylic acids is 2. The number of carbonyl (C=O) groups is 2. The van der Waals surface area contributed by atoms with Gasteiger partial charge in [-0.15, -0.1) is 0 Å². The maximum Gasteiger partial charge on any atom is 0.335 e. The standard InChI is InChI=1S/C21H27NO2.C4H6O6.H2O/c1-16(21(24)19-7-9-20(23)10-8-19)22-13-11-18(12-14-22)15-17-5-3-2-4-6-17;5-1(3(7)8)2(6)4(9)10;/h2-10,16,18,21,23-24H,11-15H2,1H3;1-2,5-6H,(H,7,8)(H,9,10);1H2. The molecule has 2 aromatic carbocycles. The molecule has 8 N–H and O–H groups in total. The van der Waals surface area contributed by atoms with E-state index in [1.54, 1.807) is 24.3 Å². The number of nitrogens with zero attached hydrogens (tertiary/aromatic N) is 1. The Balaban J connectivity index is 0.000000477. The lowest BCUT2D eigenvalue weighted by molar-refractivity contribution is -0.165. The number of likely N-dealkylation sites (tertiary alicyclic amines) is 1. The van der Waals surface area contributed by atoms with Crippen molar-refractivity contribution in [2.24, 2.45) is 5.92 Å². The van der Waals surface area contributed by atoms with Gasteiger partial charge in [-0.05, 0) is 68.5 Å². The van der Waals surface area contributed by atoms with Crippen LogP contribution in [0.1, 0.15) is 37.0 Å². The first-order valence-corrected chi connectivity index (χ1v) is 11.2. The quantitative estimate of drug-likeness (QED) is 0.309. The van der Waals surface area contributed by atoms with Crippen LogP contribution in [0.15, 0.2) is 54.6 Å². The van der Waals surface area contributed by atoms with Crippen LogP contribution >= 0.6 is 0 Å². The molecule has 0 bridgehead atoms. The van der Waals surface area contributed by atoms with E-state index in [4.69, 9.17) is 20.4 Å². The zero-order valence-corrected chi connectivity index (χ0v) is 19.6. The van der Waals surface area contributed by atoms with E-state index in [0.29, 0.717) is 0 Å². The van der Waals surface area contributed by atoms with Gasteiger partial charge in [-0.3, -0.25) is 4.90 Å². The molecule has 1 fully saturated rings. The van der Waals surface area contributed by atoms with Crippen LogP contribution in [0.5, 0.6) is 5.75 Å². The molecule has 10 heteroatoms. The Morgan fingerprint density at radius 3 is 1.83 bits per heavy atom.